The van der Waals surface area contributed by atoms with E-state index in [1.165, 1.54) is 0 Å². The summed E-state index contributed by atoms with van der Waals surface area (Å²) in [6.45, 7) is 7.03. The number of halogens is 1. The molecule has 1 aliphatic heterocycles. The van der Waals surface area contributed by atoms with Crippen LogP contribution in [0.15, 0.2) is 24.3 Å². The fraction of sp³-hybridized carbons (Fsp3) is 0.500. The molecule has 8 nitrogen and oxygen atoms in total. The fourth-order valence-corrected chi connectivity index (χ4v) is 3.34. The van der Waals surface area contributed by atoms with Crippen LogP contribution in [-0.4, -0.2) is 44.5 Å². The molecule has 4 N–H and O–H groups in total. The largest absolute Gasteiger partial charge is 0.331 e. The number of H-pyrrole nitrogens is 1. The number of rotatable bonds is 5. The lowest BCUT2D eigenvalue weighted by Gasteiger charge is -2.27. The summed E-state index contributed by atoms with van der Waals surface area (Å²) in [5.41, 5.74) is 6.95. The second kappa shape index (κ2) is 9.37. The Kier molecular flexibility index (Phi) is 7.37. The third-order valence-corrected chi connectivity index (χ3v) is 4.69. The highest BCUT2D eigenvalue weighted by Crippen LogP contribution is 2.26. The quantitative estimate of drug-likeness (QED) is 0.687. The lowest BCUT2D eigenvalue weighted by molar-refractivity contribution is -0.138. The molecule has 3 rings (SSSR count). The van der Waals surface area contributed by atoms with Crippen molar-refractivity contribution >= 4 is 29.9 Å². The maximum absolute atomic E-state index is 12.7. The highest BCUT2D eigenvalue weighted by atomic mass is 35.5. The first-order chi connectivity index (χ1) is 13.3. The molecule has 158 valence electrons. The van der Waals surface area contributed by atoms with Crippen molar-refractivity contribution in [3.63, 3.8) is 0 Å². The number of amides is 2. The van der Waals surface area contributed by atoms with Gasteiger partial charge < -0.3 is 16.0 Å². The maximum atomic E-state index is 12.7. The van der Waals surface area contributed by atoms with Crippen LogP contribution in [0.2, 0.25) is 0 Å². The first kappa shape index (κ1) is 22.8. The van der Waals surface area contributed by atoms with Gasteiger partial charge in [0.05, 0.1) is 6.54 Å². The van der Waals surface area contributed by atoms with Crippen molar-refractivity contribution in [2.75, 3.05) is 11.9 Å². The number of hydrogen-bond donors (Lipinski definition) is 3. The molecule has 1 unspecified atom stereocenters. The average molecular weight is 421 g/mol. The molecule has 2 amide bonds. The number of carbonyl (C=O) groups excluding carboxylic acids is 2. The Morgan fingerprint density at radius 2 is 1.97 bits per heavy atom. The number of nitrogens with two attached hydrogens (primary N) is 1. The van der Waals surface area contributed by atoms with Gasteiger partial charge in [-0.2, -0.15) is 5.10 Å². The molecule has 1 aromatic heterocycles. The molecule has 1 aliphatic rings. The summed E-state index contributed by atoms with van der Waals surface area (Å²) in [5.74, 6) is 1.08. The monoisotopic (exact) mass is 420 g/mol. The van der Waals surface area contributed by atoms with Gasteiger partial charge in [-0.25, -0.2) is 4.98 Å². The van der Waals surface area contributed by atoms with Crippen molar-refractivity contribution in [2.24, 2.45) is 11.1 Å². The van der Waals surface area contributed by atoms with Gasteiger partial charge in [-0.3, -0.25) is 14.7 Å². The van der Waals surface area contributed by atoms with Gasteiger partial charge in [-0.15, -0.1) is 12.4 Å². The molecule has 2 aromatic rings. The number of hydrogen-bond acceptors (Lipinski definition) is 5. The molecule has 0 aliphatic carbocycles. The molecular weight excluding hydrogens is 392 g/mol. The molecule has 9 heteroatoms. The van der Waals surface area contributed by atoms with Crippen molar-refractivity contribution in [1.29, 1.82) is 0 Å². The number of carbonyl (C=O) groups is 2. The van der Waals surface area contributed by atoms with Gasteiger partial charge >= 0.3 is 0 Å². The summed E-state index contributed by atoms with van der Waals surface area (Å²) < 4.78 is 0. The molecule has 1 aromatic carbocycles. The number of likely N-dealkylation sites (tertiary alicyclic amines) is 1. The Hall–Kier alpha value is -2.45. The van der Waals surface area contributed by atoms with E-state index in [-0.39, 0.29) is 29.6 Å². The number of aromatic amines is 1. The smallest absolute Gasteiger partial charge is 0.247 e. The van der Waals surface area contributed by atoms with Gasteiger partial charge in [-0.1, -0.05) is 20.8 Å². The van der Waals surface area contributed by atoms with Crippen LogP contribution in [0, 0.1) is 5.41 Å². The van der Waals surface area contributed by atoms with Crippen LogP contribution < -0.4 is 11.1 Å². The number of nitrogens with zero attached hydrogens (tertiary/aromatic N) is 3. The van der Waals surface area contributed by atoms with Gasteiger partial charge in [0.2, 0.25) is 11.8 Å². The molecular formula is C20H29ClN6O2. The summed E-state index contributed by atoms with van der Waals surface area (Å²) in [4.78, 5) is 31.3. The van der Waals surface area contributed by atoms with E-state index in [4.69, 9.17) is 5.73 Å². The third kappa shape index (κ3) is 5.77. The summed E-state index contributed by atoms with van der Waals surface area (Å²) >= 11 is 0. The summed E-state index contributed by atoms with van der Waals surface area (Å²) in [5, 5.41) is 9.82. The van der Waals surface area contributed by atoms with Gasteiger partial charge in [0, 0.05) is 24.2 Å². The Morgan fingerprint density at radius 1 is 1.28 bits per heavy atom. The highest BCUT2D eigenvalue weighted by molar-refractivity contribution is 5.97. The van der Waals surface area contributed by atoms with Gasteiger partial charge in [0.25, 0.3) is 0 Å². The Morgan fingerprint density at radius 3 is 2.55 bits per heavy atom. The summed E-state index contributed by atoms with van der Waals surface area (Å²) in [6.07, 6.45) is 1.98. The zero-order valence-corrected chi connectivity index (χ0v) is 17.9. The lowest BCUT2D eigenvalue weighted by Crippen LogP contribution is -2.44. The Balaban J connectivity index is 0.00000300. The fourth-order valence-electron chi connectivity index (χ4n) is 3.34. The van der Waals surface area contributed by atoms with E-state index in [2.05, 4.69) is 20.5 Å². The summed E-state index contributed by atoms with van der Waals surface area (Å²) in [7, 11) is 0. The van der Waals surface area contributed by atoms with E-state index in [1.807, 2.05) is 45.0 Å². The molecule has 29 heavy (non-hydrogen) atoms. The van der Waals surface area contributed by atoms with Crippen molar-refractivity contribution in [3.05, 3.63) is 30.1 Å². The summed E-state index contributed by atoms with van der Waals surface area (Å²) in [6, 6.07) is 6.89. The van der Waals surface area contributed by atoms with E-state index in [0.29, 0.717) is 43.3 Å². The minimum absolute atomic E-state index is 0. The van der Waals surface area contributed by atoms with Crippen LogP contribution in [-0.2, 0) is 16.1 Å². The van der Waals surface area contributed by atoms with Crippen LogP contribution in [0.5, 0.6) is 0 Å². The lowest BCUT2D eigenvalue weighted by atomic mass is 9.91. The Labute approximate surface area is 177 Å². The SMILES string of the molecule is CC(C)(C)CC(=O)N1CCCC1C(=O)Nc1ccc(-c2n[nH]c(CN)n2)cc1.Cl. The Bertz CT molecular complexity index is 843. The minimum atomic E-state index is -0.408. The first-order valence-corrected chi connectivity index (χ1v) is 9.59. The molecule has 1 fully saturated rings. The molecule has 0 radical (unpaired) electrons. The van der Waals surface area contributed by atoms with E-state index in [0.717, 1.165) is 12.0 Å². The van der Waals surface area contributed by atoms with Crippen molar-refractivity contribution in [2.45, 2.75) is 52.6 Å². The van der Waals surface area contributed by atoms with E-state index >= 15 is 0 Å². The van der Waals surface area contributed by atoms with Crippen LogP contribution in [0.1, 0.15) is 45.9 Å². The zero-order valence-electron chi connectivity index (χ0n) is 17.1. The number of benzene rings is 1. The third-order valence-electron chi connectivity index (χ3n) is 4.69. The number of aromatic nitrogens is 3. The highest BCUT2D eigenvalue weighted by Gasteiger charge is 2.35. The predicted molar refractivity (Wildman–Crippen MR) is 114 cm³/mol. The first-order valence-electron chi connectivity index (χ1n) is 9.59. The van der Waals surface area contributed by atoms with Gasteiger partial charge in [-0.05, 0) is 42.5 Å². The second-order valence-electron chi connectivity index (χ2n) is 8.36. The number of anilines is 1. The molecule has 1 atom stereocenters. The van der Waals surface area contributed by atoms with Crippen LogP contribution in [0.4, 0.5) is 5.69 Å². The van der Waals surface area contributed by atoms with E-state index in [9.17, 15) is 9.59 Å². The van der Waals surface area contributed by atoms with Gasteiger partial charge in [0.1, 0.15) is 11.9 Å². The van der Waals surface area contributed by atoms with Crippen molar-refractivity contribution in [3.8, 4) is 11.4 Å². The van der Waals surface area contributed by atoms with Crippen LogP contribution in [0.25, 0.3) is 11.4 Å². The second-order valence-corrected chi connectivity index (χ2v) is 8.36. The predicted octanol–water partition coefficient (Wildman–Crippen LogP) is 2.72. The van der Waals surface area contributed by atoms with Crippen LogP contribution in [0.3, 0.4) is 0 Å². The molecule has 0 bridgehead atoms. The van der Waals surface area contributed by atoms with Gasteiger partial charge in [0.15, 0.2) is 5.82 Å². The maximum Gasteiger partial charge on any atom is 0.247 e. The van der Waals surface area contributed by atoms with Crippen molar-refractivity contribution < 1.29 is 9.59 Å². The van der Waals surface area contributed by atoms with E-state index in [1.54, 1.807) is 4.90 Å². The van der Waals surface area contributed by atoms with Crippen molar-refractivity contribution in [1.82, 2.24) is 20.1 Å². The topological polar surface area (TPSA) is 117 Å². The minimum Gasteiger partial charge on any atom is -0.331 e. The normalized spacial score (nSPS) is 16.4. The van der Waals surface area contributed by atoms with E-state index < -0.39 is 6.04 Å². The number of nitrogens with one attached hydrogen (secondary N) is 2. The standard InChI is InChI=1S/C20H28N6O2.ClH/c1-20(2,3)11-17(27)26-10-4-5-15(26)19(28)22-14-8-6-13(7-9-14)18-23-16(12-21)24-25-18;/h6-9,15H,4-5,10-12,21H2,1-3H3,(H,22,28)(H,23,24,25);1H. The molecule has 0 spiro atoms. The molecule has 2 heterocycles. The molecule has 1 saturated heterocycles. The average Bonchev–Trinajstić information content (AvgIpc) is 3.30. The molecule has 0 saturated carbocycles. The van der Waals surface area contributed by atoms with Crippen LogP contribution >= 0.6 is 12.4 Å². The zero-order chi connectivity index (χ0) is 20.3.